The van der Waals surface area contributed by atoms with E-state index in [1.54, 1.807) is 14.2 Å². The Balaban J connectivity index is 1.14. The Morgan fingerprint density at radius 2 is 0.646 bits per heavy atom. The molecule has 2 saturated heterocycles. The number of rotatable bonds is 31. The highest BCUT2D eigenvalue weighted by Gasteiger charge is 2.55. The second kappa shape index (κ2) is 31.5. The summed E-state index contributed by atoms with van der Waals surface area (Å²) < 4.78 is 89.1. The molecule has 9 rings (SSSR count). The van der Waals surface area contributed by atoms with Gasteiger partial charge in [0.25, 0.3) is 0 Å². The number of methoxy groups -OCH3 is 2. The molecule has 0 aromatic heterocycles. The Morgan fingerprint density at radius 1 is 0.329 bits per heavy atom. The Kier molecular flexibility index (Phi) is 23.3. The van der Waals surface area contributed by atoms with E-state index >= 15 is 0 Å². The largest absolute Gasteiger partial charge is 0.497 e. The molecule has 0 amide bonds. The fraction of sp³-hybridized carbons (Fsp3) is 0.382. The van der Waals surface area contributed by atoms with E-state index in [2.05, 4.69) is 19.6 Å². The zero-order chi connectivity index (χ0) is 56.8. The highest BCUT2D eigenvalue weighted by Crippen LogP contribution is 2.37. The minimum atomic E-state index is -1.56. The lowest BCUT2D eigenvalue weighted by atomic mass is 9.95. The molecule has 13 nitrogen and oxygen atoms in total. The molecule has 2 fully saturated rings. The van der Waals surface area contributed by atoms with Crippen molar-refractivity contribution in [1.29, 1.82) is 0 Å². The first-order valence-electron chi connectivity index (χ1n) is 28.4. The highest BCUT2D eigenvalue weighted by atomic mass is 28.3. The van der Waals surface area contributed by atoms with Gasteiger partial charge in [-0.15, -0.1) is 0 Å². The van der Waals surface area contributed by atoms with Crippen LogP contribution in [0.1, 0.15) is 38.9 Å². The molecule has 14 heteroatoms. The molecule has 82 heavy (non-hydrogen) atoms. The van der Waals surface area contributed by atoms with E-state index in [1.165, 1.54) is 0 Å². The van der Waals surface area contributed by atoms with E-state index in [1.807, 2.05) is 200 Å². The molecule has 2 heterocycles. The SMILES string of the molecule is COc1ccc(CO[C@H]2[C@@H](OCc3ccc(OC)cc3)[C@@H](COCc3ccccc3)O[C@@H](O[C@H]3[C@H](OCc4ccccc4)[C@@H](OCc4ccccc4)[C@H](OCC[Si](C)(C)C)O[C@@H]3COCc3ccccc3)[C@@H]2OCc2ccccc2)cc1. The number of hydrogen-bond acceptors (Lipinski definition) is 13. The summed E-state index contributed by atoms with van der Waals surface area (Å²) in [5.74, 6) is 1.48. The highest BCUT2D eigenvalue weighted by molar-refractivity contribution is 6.76. The standard InChI is InChI=1S/C68H80O13Si/c1-69-57-35-31-55(32-36-57)46-74-61-59(48-71-41-50-21-11-6-12-22-50)80-68(66(78-45-54-29-19-10-20-30-54)63(61)75-47-56-33-37-58(70-2)38-34-56)81-62-60(49-72-42-51-23-13-7-14-24-51)79-67(73-39-40-82(3,4)5)65(77-44-53-27-17-9-18-28-53)64(62)76-43-52-25-15-8-16-26-52/h6-38,59-68H,39-49H2,1-5H3/t59-,60-,61+,62-,63+,64+,65-,66-,67-,68+/m1/s1. The Hall–Kier alpha value is -6.08. The molecule has 2 aliphatic rings. The quantitative estimate of drug-likeness (QED) is 0.0384. The minimum Gasteiger partial charge on any atom is -0.497 e. The van der Waals surface area contributed by atoms with Gasteiger partial charge in [0.1, 0.15) is 60.3 Å². The Morgan fingerprint density at radius 3 is 1.04 bits per heavy atom. The van der Waals surface area contributed by atoms with Gasteiger partial charge in [0.2, 0.25) is 0 Å². The van der Waals surface area contributed by atoms with E-state index in [-0.39, 0.29) is 46.2 Å². The van der Waals surface area contributed by atoms with Crippen LogP contribution in [-0.2, 0) is 98.4 Å². The fourth-order valence-corrected chi connectivity index (χ4v) is 10.6. The third-order valence-electron chi connectivity index (χ3n) is 14.5. The molecule has 7 aromatic carbocycles. The molecule has 0 spiro atoms. The van der Waals surface area contributed by atoms with Crippen molar-refractivity contribution in [1.82, 2.24) is 0 Å². The van der Waals surface area contributed by atoms with Crippen LogP contribution in [0.2, 0.25) is 25.7 Å². The average Bonchev–Trinajstić information content (AvgIpc) is 3.54. The summed E-state index contributed by atoms with van der Waals surface area (Å²) in [6.45, 7) is 9.47. The van der Waals surface area contributed by atoms with Crippen molar-refractivity contribution in [3.8, 4) is 11.5 Å². The van der Waals surface area contributed by atoms with Crippen molar-refractivity contribution in [3.63, 3.8) is 0 Å². The second-order valence-corrected chi connectivity index (χ2v) is 27.5. The summed E-state index contributed by atoms with van der Waals surface area (Å²) in [6.07, 6.45) is -8.51. The van der Waals surface area contributed by atoms with Crippen LogP contribution in [0, 0.1) is 0 Å². The topological polar surface area (TPSA) is 120 Å². The predicted octanol–water partition coefficient (Wildman–Crippen LogP) is 12.6. The second-order valence-electron chi connectivity index (χ2n) is 21.9. The Labute approximate surface area is 485 Å². The molecule has 0 saturated carbocycles. The third-order valence-corrected chi connectivity index (χ3v) is 16.2. The summed E-state index contributed by atoms with van der Waals surface area (Å²) in [5, 5.41) is 0. The smallest absolute Gasteiger partial charge is 0.187 e. The van der Waals surface area contributed by atoms with Crippen LogP contribution in [-0.4, -0.2) is 104 Å². The van der Waals surface area contributed by atoms with Gasteiger partial charge < -0.3 is 61.6 Å². The van der Waals surface area contributed by atoms with Crippen molar-refractivity contribution in [2.75, 3.05) is 34.0 Å². The van der Waals surface area contributed by atoms with Crippen molar-refractivity contribution in [2.24, 2.45) is 0 Å². The minimum absolute atomic E-state index is 0.112. The lowest BCUT2D eigenvalue weighted by molar-refractivity contribution is -0.377. The molecular formula is C68H80O13Si. The molecule has 10 atom stereocenters. The Bertz CT molecular complexity index is 2850. The van der Waals surface area contributed by atoms with E-state index in [9.17, 15) is 0 Å². The summed E-state index contributed by atoms with van der Waals surface area (Å²) in [5.41, 5.74) is 6.78. The van der Waals surface area contributed by atoms with Crippen LogP contribution in [0.25, 0.3) is 0 Å². The predicted molar refractivity (Wildman–Crippen MR) is 317 cm³/mol. The molecule has 7 aromatic rings. The van der Waals surface area contributed by atoms with Crippen molar-refractivity contribution < 1.29 is 61.6 Å². The van der Waals surface area contributed by atoms with Crippen molar-refractivity contribution in [2.45, 2.75) is 133 Å². The van der Waals surface area contributed by atoms with Gasteiger partial charge in [-0.3, -0.25) is 0 Å². The summed E-state index contributed by atoms with van der Waals surface area (Å²) in [7, 11) is 1.75. The zero-order valence-corrected chi connectivity index (χ0v) is 48.9. The molecule has 0 N–H and O–H groups in total. The summed E-state index contributed by atoms with van der Waals surface area (Å²) in [6, 6.07) is 66.9. The van der Waals surface area contributed by atoms with Gasteiger partial charge in [-0.25, -0.2) is 0 Å². The van der Waals surface area contributed by atoms with Gasteiger partial charge in [0.15, 0.2) is 12.6 Å². The van der Waals surface area contributed by atoms with Gasteiger partial charge >= 0.3 is 0 Å². The van der Waals surface area contributed by atoms with E-state index in [0.29, 0.717) is 19.8 Å². The molecule has 0 radical (unpaired) electrons. The van der Waals surface area contributed by atoms with Gasteiger partial charge in [0.05, 0.1) is 73.7 Å². The van der Waals surface area contributed by atoms with Crippen LogP contribution >= 0.6 is 0 Å². The molecule has 434 valence electrons. The van der Waals surface area contributed by atoms with Crippen LogP contribution in [0.4, 0.5) is 0 Å². The zero-order valence-electron chi connectivity index (χ0n) is 47.9. The number of hydrogen-bond donors (Lipinski definition) is 0. The lowest BCUT2D eigenvalue weighted by Crippen LogP contribution is -2.66. The van der Waals surface area contributed by atoms with Gasteiger partial charge in [0, 0.05) is 14.7 Å². The average molecular weight is 1130 g/mol. The van der Waals surface area contributed by atoms with Crippen LogP contribution < -0.4 is 9.47 Å². The lowest BCUT2D eigenvalue weighted by Gasteiger charge is -2.50. The first kappa shape index (κ1) is 60.5. The molecular weight excluding hydrogens is 1050 g/mol. The maximum atomic E-state index is 7.66. The molecule has 0 aliphatic carbocycles. The van der Waals surface area contributed by atoms with Crippen LogP contribution in [0.3, 0.4) is 0 Å². The molecule has 0 bridgehead atoms. The summed E-state index contributed by atoms with van der Waals surface area (Å²) >= 11 is 0. The summed E-state index contributed by atoms with van der Waals surface area (Å²) in [4.78, 5) is 0. The maximum absolute atomic E-state index is 7.66. The fourth-order valence-electron chi connectivity index (χ4n) is 9.87. The third kappa shape index (κ3) is 18.5. The van der Waals surface area contributed by atoms with Gasteiger partial charge in [-0.1, -0.05) is 196 Å². The first-order chi connectivity index (χ1) is 40.2. The van der Waals surface area contributed by atoms with Crippen molar-refractivity contribution >= 4 is 8.07 Å². The van der Waals surface area contributed by atoms with E-state index < -0.39 is 69.5 Å². The first-order valence-corrected chi connectivity index (χ1v) is 32.2. The normalized spacial score (nSPS) is 22.8. The number of ether oxygens (including phenoxy) is 13. The van der Waals surface area contributed by atoms with Crippen LogP contribution in [0.15, 0.2) is 200 Å². The van der Waals surface area contributed by atoms with Gasteiger partial charge in [-0.2, -0.15) is 0 Å². The molecule has 0 unspecified atom stereocenters. The maximum Gasteiger partial charge on any atom is 0.187 e. The molecule has 2 aliphatic heterocycles. The van der Waals surface area contributed by atoms with Gasteiger partial charge in [-0.05, 0) is 69.3 Å². The number of benzene rings is 7. The van der Waals surface area contributed by atoms with Crippen LogP contribution in [0.5, 0.6) is 11.5 Å². The monoisotopic (exact) mass is 1130 g/mol. The van der Waals surface area contributed by atoms with E-state index in [4.69, 9.17) is 61.6 Å². The van der Waals surface area contributed by atoms with Crippen molar-refractivity contribution in [3.05, 3.63) is 239 Å². The van der Waals surface area contributed by atoms with E-state index in [0.717, 1.165) is 56.5 Å².